The molecule has 10 rings (SSSR count). The Bertz CT molecular complexity index is 3020. The van der Waals surface area contributed by atoms with E-state index in [1.54, 1.807) is 24.8 Å². The highest BCUT2D eigenvalue weighted by Crippen LogP contribution is 2.39. The number of aryl methyl sites for hydroxylation is 6. The van der Waals surface area contributed by atoms with E-state index in [1.807, 2.05) is 97.8 Å². The predicted octanol–water partition coefficient (Wildman–Crippen LogP) is 9.40. The lowest BCUT2D eigenvalue weighted by atomic mass is 9.86. The number of fused-ring (bicyclic) bond motifs is 2. The van der Waals surface area contributed by atoms with Crippen molar-refractivity contribution >= 4 is 24.3 Å². The smallest absolute Gasteiger partial charge is 0.194 e. The van der Waals surface area contributed by atoms with Gasteiger partial charge in [-0.1, -0.05) is 24.3 Å². The monoisotopic (exact) mass is 930 g/mol. The fourth-order valence-electron chi connectivity index (χ4n) is 8.70. The van der Waals surface area contributed by atoms with Crippen LogP contribution in [0.5, 0.6) is 0 Å². The summed E-state index contributed by atoms with van der Waals surface area (Å²) in [6, 6.07) is 15.2. The Hall–Kier alpha value is -7.44. The van der Waals surface area contributed by atoms with Crippen LogP contribution in [-0.4, -0.2) is 58.8 Å². The maximum atomic E-state index is 13.8. The molecule has 2 aliphatic rings. The van der Waals surface area contributed by atoms with Crippen LogP contribution in [0.15, 0.2) is 85.7 Å². The zero-order valence-electron chi connectivity index (χ0n) is 37.3. The van der Waals surface area contributed by atoms with Crippen molar-refractivity contribution in [3.8, 4) is 11.4 Å². The normalized spacial score (nSPS) is 17.9. The molecule has 0 radical (unpaired) electrons. The summed E-state index contributed by atoms with van der Waals surface area (Å²) in [5.41, 5.74) is 4.19. The summed E-state index contributed by atoms with van der Waals surface area (Å²) in [6.45, 7) is 8.90. The van der Waals surface area contributed by atoms with Gasteiger partial charge in [-0.05, 0) is 147 Å². The molecule has 0 unspecified atom stereocenters. The van der Waals surface area contributed by atoms with E-state index < -0.39 is 46.1 Å². The van der Waals surface area contributed by atoms with Crippen LogP contribution in [0.2, 0.25) is 0 Å². The zero-order chi connectivity index (χ0) is 48.1. The maximum absolute atomic E-state index is 13.8. The van der Waals surface area contributed by atoms with E-state index in [-0.39, 0.29) is 35.6 Å². The standard InChI is InChI=1S/2C25H22F3N5O/c2*1-15-10-17(4-6-21(15)32-13-16(2)29-14-32)5-7-22-30-24-25(34,8-3-9-33(24)31-22)18-11-19(26)23(28)20(27)12-18/h2*4-7,10-14,34H,3,8-9H2,1-2H3/b2*7-5+/t2*25-/m10/s1. The van der Waals surface area contributed by atoms with Crippen LogP contribution in [0.25, 0.3) is 35.7 Å². The first-order valence-electron chi connectivity index (χ1n) is 21.7. The minimum Gasteiger partial charge on any atom is -0.377 e. The second-order valence-electron chi connectivity index (χ2n) is 17.1. The molecule has 2 atom stereocenters. The average Bonchev–Trinajstić information content (AvgIpc) is 4.14. The summed E-state index contributed by atoms with van der Waals surface area (Å²) in [4.78, 5) is 17.4. The van der Waals surface area contributed by atoms with E-state index in [1.165, 1.54) is 9.36 Å². The minimum absolute atomic E-state index is 0.0891. The first-order chi connectivity index (χ1) is 32.5. The number of rotatable bonds is 8. The molecule has 0 aliphatic carbocycles. The number of imidazole rings is 2. The van der Waals surface area contributed by atoms with Crippen LogP contribution in [0, 0.1) is 62.6 Å². The molecule has 2 aliphatic heterocycles. The molecule has 0 amide bonds. The van der Waals surface area contributed by atoms with Gasteiger partial charge >= 0.3 is 0 Å². The highest BCUT2D eigenvalue weighted by Gasteiger charge is 2.42. The lowest BCUT2D eigenvalue weighted by Gasteiger charge is -2.31. The molecular formula is C50H44F6N10O2. The van der Waals surface area contributed by atoms with Gasteiger partial charge in [-0.2, -0.15) is 10.2 Å². The van der Waals surface area contributed by atoms with E-state index >= 15 is 0 Å². The van der Waals surface area contributed by atoms with Crippen molar-refractivity contribution in [1.82, 2.24) is 48.6 Å². The highest BCUT2D eigenvalue weighted by molar-refractivity contribution is 5.69. The van der Waals surface area contributed by atoms with Gasteiger partial charge < -0.3 is 19.3 Å². The Morgan fingerprint density at radius 1 is 0.529 bits per heavy atom. The summed E-state index contributed by atoms with van der Waals surface area (Å²) < 4.78 is 89.2. The lowest BCUT2D eigenvalue weighted by molar-refractivity contribution is 0.0385. The number of halogens is 6. The average molecular weight is 931 g/mol. The Labute approximate surface area is 386 Å². The second-order valence-corrected chi connectivity index (χ2v) is 17.1. The molecule has 348 valence electrons. The van der Waals surface area contributed by atoms with Gasteiger partial charge in [-0.3, -0.25) is 0 Å². The molecule has 0 bridgehead atoms. The van der Waals surface area contributed by atoms with E-state index in [4.69, 9.17) is 0 Å². The molecule has 6 heterocycles. The van der Waals surface area contributed by atoms with Crippen molar-refractivity contribution in [1.29, 1.82) is 0 Å². The summed E-state index contributed by atoms with van der Waals surface area (Å²) in [6.07, 6.45) is 16.0. The number of nitrogens with zero attached hydrogens (tertiary/aromatic N) is 10. The SMILES string of the molecule is Cc1cn(-c2ccc(/C=C/c3nc4n(n3)CCC[C@@]4(O)c3cc(F)c(F)c(F)c3)cc2C)cn1.Cc1cn(-c2ccc(/C=C/c3nc4n(n3)CCC[C@]4(O)c3cc(F)c(F)c(F)c3)cc2C)cn1. The third kappa shape index (κ3) is 8.79. The fraction of sp³-hybridized carbons (Fsp3) is 0.240. The van der Waals surface area contributed by atoms with Gasteiger partial charge in [0.05, 0.1) is 24.0 Å². The van der Waals surface area contributed by atoms with Crippen molar-refractivity contribution in [2.75, 3.05) is 0 Å². The number of aliphatic hydroxyl groups is 2. The van der Waals surface area contributed by atoms with Crippen LogP contribution in [-0.2, 0) is 24.3 Å². The Morgan fingerprint density at radius 3 is 1.25 bits per heavy atom. The molecule has 0 saturated heterocycles. The topological polar surface area (TPSA) is 138 Å². The van der Waals surface area contributed by atoms with Gasteiger partial charge in [0.1, 0.15) is 11.2 Å². The largest absolute Gasteiger partial charge is 0.377 e. The van der Waals surface area contributed by atoms with Gasteiger partial charge in [0.2, 0.25) is 0 Å². The van der Waals surface area contributed by atoms with Crippen molar-refractivity contribution in [2.45, 2.75) is 77.7 Å². The van der Waals surface area contributed by atoms with Crippen molar-refractivity contribution < 1.29 is 36.6 Å². The molecule has 0 spiro atoms. The minimum atomic E-state index is -1.77. The molecular weight excluding hydrogens is 887 g/mol. The van der Waals surface area contributed by atoms with E-state index in [9.17, 15) is 36.6 Å². The van der Waals surface area contributed by atoms with Crippen LogP contribution in [0.4, 0.5) is 26.3 Å². The summed E-state index contributed by atoms with van der Waals surface area (Å²) in [5.74, 6) is -7.52. The Balaban J connectivity index is 0.000000170. The quantitative estimate of drug-likeness (QED) is 0.114. The Kier molecular flexibility index (Phi) is 12.1. The van der Waals surface area contributed by atoms with E-state index in [0.717, 1.165) is 69.3 Å². The van der Waals surface area contributed by atoms with Crippen LogP contribution in [0.3, 0.4) is 0 Å². The number of benzene rings is 4. The number of aromatic nitrogens is 10. The molecule has 18 heteroatoms. The first kappa shape index (κ1) is 45.7. The van der Waals surface area contributed by atoms with E-state index in [2.05, 4.69) is 30.1 Å². The number of hydrogen-bond donors (Lipinski definition) is 2. The molecule has 2 N–H and O–H groups in total. The summed E-state index contributed by atoms with van der Waals surface area (Å²) in [5, 5.41) is 31.4. The highest BCUT2D eigenvalue weighted by atomic mass is 19.2. The van der Waals surface area contributed by atoms with Gasteiger partial charge in [-0.25, -0.2) is 55.6 Å². The van der Waals surface area contributed by atoms with E-state index in [0.29, 0.717) is 37.6 Å². The number of hydrogen-bond acceptors (Lipinski definition) is 8. The zero-order valence-corrected chi connectivity index (χ0v) is 37.3. The summed E-state index contributed by atoms with van der Waals surface area (Å²) in [7, 11) is 0. The maximum Gasteiger partial charge on any atom is 0.194 e. The predicted molar refractivity (Wildman–Crippen MR) is 241 cm³/mol. The van der Waals surface area contributed by atoms with Crippen LogP contribution >= 0.6 is 0 Å². The molecule has 0 fully saturated rings. The van der Waals surface area contributed by atoms with Crippen molar-refractivity contribution in [2.24, 2.45) is 0 Å². The van der Waals surface area contributed by atoms with Gasteiger partial charge in [-0.15, -0.1) is 0 Å². The molecule has 8 aromatic rings. The van der Waals surface area contributed by atoms with Gasteiger partial charge in [0.25, 0.3) is 0 Å². The fourth-order valence-corrected chi connectivity index (χ4v) is 8.70. The second kappa shape index (κ2) is 18.0. The molecule has 68 heavy (non-hydrogen) atoms. The van der Waals surface area contributed by atoms with Gasteiger partial charge in [0, 0.05) is 36.9 Å². The molecule has 4 aromatic heterocycles. The first-order valence-corrected chi connectivity index (χ1v) is 21.7. The third-order valence-corrected chi connectivity index (χ3v) is 12.1. The summed E-state index contributed by atoms with van der Waals surface area (Å²) >= 11 is 0. The van der Waals surface area contributed by atoms with Crippen molar-refractivity contribution in [3.05, 3.63) is 189 Å². The third-order valence-electron chi connectivity index (χ3n) is 12.1. The van der Waals surface area contributed by atoms with Crippen molar-refractivity contribution in [3.63, 3.8) is 0 Å². The Morgan fingerprint density at radius 2 is 0.912 bits per heavy atom. The molecule has 4 aromatic carbocycles. The lowest BCUT2D eigenvalue weighted by Crippen LogP contribution is -2.36. The van der Waals surface area contributed by atoms with Crippen LogP contribution in [0.1, 0.15) is 93.7 Å². The van der Waals surface area contributed by atoms with Gasteiger partial charge in [0.15, 0.2) is 58.2 Å². The molecule has 0 saturated carbocycles. The van der Waals surface area contributed by atoms with Crippen LogP contribution < -0.4 is 0 Å². The molecule has 12 nitrogen and oxygen atoms in total.